The van der Waals surface area contributed by atoms with Crippen LogP contribution in [0.25, 0.3) is 0 Å². The molecule has 12 heteroatoms. The number of quaternary nitrogens is 1. The van der Waals surface area contributed by atoms with Gasteiger partial charge in [0, 0.05) is 11.1 Å². The summed E-state index contributed by atoms with van der Waals surface area (Å²) in [7, 11) is -8.21. The number of para-hydroxylation sites is 1. The van der Waals surface area contributed by atoms with Crippen LogP contribution in [0, 0.1) is 0 Å². The van der Waals surface area contributed by atoms with Gasteiger partial charge in [0.25, 0.3) is 5.91 Å². The van der Waals surface area contributed by atoms with Crippen LogP contribution < -0.4 is 16.5 Å². The van der Waals surface area contributed by atoms with E-state index in [4.69, 9.17) is 11.6 Å². The summed E-state index contributed by atoms with van der Waals surface area (Å²) in [6.45, 7) is 3.03. The summed E-state index contributed by atoms with van der Waals surface area (Å²) in [6, 6.07) is 6.41. The fraction of sp³-hybridized carbons (Fsp3) is 0.400. The third kappa shape index (κ3) is 4.84. The molecule has 2 rings (SSSR count). The zero-order valence-electron chi connectivity index (χ0n) is 14.6. The monoisotopic (exact) mass is 419 g/mol. The molecule has 1 fully saturated rings. The Hall–Kier alpha value is -1.99. The third-order valence-corrected chi connectivity index (χ3v) is 7.15. The second-order valence-electron chi connectivity index (χ2n) is 6.38. The van der Waals surface area contributed by atoms with Crippen LogP contribution in [0.1, 0.15) is 10.4 Å². The van der Waals surface area contributed by atoms with Crippen molar-refractivity contribution in [2.45, 2.75) is 5.37 Å². The predicted octanol–water partition coefficient (Wildman–Crippen LogP) is -0.932. The average molecular weight is 420 g/mol. The molecule has 1 aromatic rings. The third-order valence-electron chi connectivity index (χ3n) is 4.64. The highest BCUT2D eigenvalue weighted by Gasteiger charge is 2.48. The van der Waals surface area contributed by atoms with Crippen molar-refractivity contribution in [1.82, 2.24) is 0 Å². The number of anilines is 1. The van der Waals surface area contributed by atoms with Gasteiger partial charge in [-0.2, -0.15) is 14.3 Å². The molecule has 0 spiro atoms. The Morgan fingerprint density at radius 3 is 2.52 bits per heavy atom. The van der Waals surface area contributed by atoms with Gasteiger partial charge in [0.2, 0.25) is 5.37 Å². The van der Waals surface area contributed by atoms with Gasteiger partial charge >= 0.3 is 10.1 Å². The predicted molar refractivity (Wildman–Crippen MR) is 101 cm³/mol. The van der Waals surface area contributed by atoms with Crippen molar-refractivity contribution in [2.24, 2.45) is 11.6 Å². The lowest BCUT2D eigenvalue weighted by Crippen LogP contribution is -2.72. The van der Waals surface area contributed by atoms with Crippen molar-refractivity contribution in [3.63, 3.8) is 0 Å². The van der Waals surface area contributed by atoms with Crippen LogP contribution >= 0.6 is 0 Å². The maximum absolute atomic E-state index is 12.0. The van der Waals surface area contributed by atoms with E-state index in [1.807, 2.05) is 0 Å². The van der Waals surface area contributed by atoms with E-state index in [-0.39, 0.29) is 31.7 Å². The Kier molecular flexibility index (Phi) is 5.97. The molecule has 2 atom stereocenters. The number of hydrogen-bond acceptors (Lipinski definition) is 7. The van der Waals surface area contributed by atoms with Crippen LogP contribution in [0.5, 0.6) is 0 Å². The first kappa shape index (κ1) is 21.3. The molecule has 5 N–H and O–H groups in total. The number of hydrogen-bond donors (Lipinski definition) is 3. The first-order valence-corrected chi connectivity index (χ1v) is 11.2. The lowest BCUT2D eigenvalue weighted by molar-refractivity contribution is -0.948. The Balaban J connectivity index is 2.35. The van der Waals surface area contributed by atoms with Gasteiger partial charge in [-0.1, -0.05) is 18.7 Å². The molecule has 1 amide bonds. The van der Waals surface area contributed by atoms with Gasteiger partial charge in [0.15, 0.2) is 9.84 Å². The molecular weight excluding hydrogens is 396 g/mol. The number of piperazine rings is 1. The van der Waals surface area contributed by atoms with Crippen molar-refractivity contribution < 1.29 is 30.8 Å². The maximum atomic E-state index is 12.0. The molecule has 150 valence electrons. The van der Waals surface area contributed by atoms with Crippen LogP contribution in [0.4, 0.5) is 5.69 Å². The molecule has 0 saturated carbocycles. The van der Waals surface area contributed by atoms with Crippen molar-refractivity contribution >= 4 is 31.5 Å². The number of rotatable bonds is 7. The minimum Gasteiger partial charge on any atom is -0.366 e. The summed E-state index contributed by atoms with van der Waals surface area (Å²) in [5.74, 6) is 5.09. The smallest absolute Gasteiger partial charge is 0.323 e. The molecule has 1 saturated heterocycles. The van der Waals surface area contributed by atoms with Gasteiger partial charge < -0.3 is 10.6 Å². The van der Waals surface area contributed by atoms with Gasteiger partial charge in [-0.3, -0.25) is 9.35 Å². The summed E-state index contributed by atoms with van der Waals surface area (Å²) in [4.78, 5) is 13.2. The van der Waals surface area contributed by atoms with E-state index in [2.05, 4.69) is 6.58 Å². The number of amides is 1. The number of sulfone groups is 1. The molecule has 1 heterocycles. The van der Waals surface area contributed by atoms with E-state index in [1.165, 1.54) is 6.07 Å². The normalized spacial score (nSPS) is 23.8. The highest BCUT2D eigenvalue weighted by Crippen LogP contribution is 2.27. The van der Waals surface area contributed by atoms with Crippen molar-refractivity contribution in [3.8, 4) is 0 Å². The molecule has 0 aromatic heterocycles. The van der Waals surface area contributed by atoms with Gasteiger partial charge in [-0.05, 0) is 12.1 Å². The summed E-state index contributed by atoms with van der Waals surface area (Å²) >= 11 is 0. The van der Waals surface area contributed by atoms with E-state index >= 15 is 0 Å². The number of benzene rings is 1. The lowest BCUT2D eigenvalue weighted by Gasteiger charge is -2.45. The second kappa shape index (κ2) is 7.56. The fourth-order valence-corrected chi connectivity index (χ4v) is 4.94. The number of carbonyl (C=O) groups is 1. The Morgan fingerprint density at radius 1 is 1.33 bits per heavy atom. The Labute approximate surface area is 158 Å². The quantitative estimate of drug-likeness (QED) is 0.290. The van der Waals surface area contributed by atoms with Crippen LogP contribution in [0.2, 0.25) is 0 Å². The van der Waals surface area contributed by atoms with Crippen LogP contribution in [-0.2, 0) is 20.0 Å². The standard InChI is InChI=1S/C15H22N4O6S2/c1-2-26(21,22)10-9-19(17)8-7-18(11-14(19)27(23,24)25)13-6-4-3-5-12(13)15(16)20/h2-6,14H,1,7-11,17H2,(H2-,16,20,23,24,25)/p+1. The van der Waals surface area contributed by atoms with Gasteiger partial charge in [0.05, 0.1) is 18.7 Å². The molecule has 1 aromatic carbocycles. The molecule has 27 heavy (non-hydrogen) atoms. The molecule has 0 aliphatic carbocycles. The summed E-state index contributed by atoms with van der Waals surface area (Å²) in [5, 5.41) is -0.715. The first-order valence-electron chi connectivity index (χ1n) is 8.00. The minimum absolute atomic E-state index is 0.0320. The number of nitrogens with two attached hydrogens (primary N) is 2. The number of primary amides is 1. The SMILES string of the molecule is C=CS(=O)(=O)CC[N+]1(N)CCN(c2ccccc2C(N)=O)CC1S(=O)(=O)O. The molecular formula is C15H23N4O6S2+. The zero-order valence-corrected chi connectivity index (χ0v) is 16.2. The van der Waals surface area contributed by atoms with Gasteiger partial charge in [0.1, 0.15) is 18.8 Å². The van der Waals surface area contributed by atoms with E-state index < -0.39 is 41.6 Å². The lowest BCUT2D eigenvalue weighted by atomic mass is 10.1. The van der Waals surface area contributed by atoms with Crippen LogP contribution in [-0.4, -0.2) is 69.2 Å². The number of carbonyl (C=O) groups excluding carboxylic acids is 1. The van der Waals surface area contributed by atoms with Gasteiger partial charge in [-0.15, -0.1) is 0 Å². The van der Waals surface area contributed by atoms with E-state index in [0.717, 1.165) is 5.41 Å². The fourth-order valence-electron chi connectivity index (χ4n) is 3.07. The molecule has 1 aliphatic rings. The van der Waals surface area contributed by atoms with Crippen LogP contribution in [0.3, 0.4) is 0 Å². The maximum Gasteiger partial charge on any atom is 0.323 e. The molecule has 10 nitrogen and oxygen atoms in total. The molecule has 0 bridgehead atoms. The molecule has 0 radical (unpaired) electrons. The summed E-state index contributed by atoms with van der Waals surface area (Å²) in [6.07, 6.45) is 0. The minimum atomic E-state index is -4.61. The highest BCUT2D eigenvalue weighted by molar-refractivity contribution is 7.94. The van der Waals surface area contributed by atoms with Crippen molar-refractivity contribution in [2.75, 3.05) is 36.8 Å². The van der Waals surface area contributed by atoms with Crippen LogP contribution in [0.15, 0.2) is 36.3 Å². The Morgan fingerprint density at radius 2 is 1.96 bits per heavy atom. The Bertz CT molecular complexity index is 947. The van der Waals surface area contributed by atoms with Crippen molar-refractivity contribution in [3.05, 3.63) is 41.8 Å². The van der Waals surface area contributed by atoms with E-state index in [9.17, 15) is 26.2 Å². The highest BCUT2D eigenvalue weighted by atomic mass is 32.2. The summed E-state index contributed by atoms with van der Waals surface area (Å²) in [5.41, 5.74) is 5.99. The first-order chi connectivity index (χ1) is 12.4. The molecule has 1 aliphatic heterocycles. The van der Waals surface area contributed by atoms with E-state index in [0.29, 0.717) is 5.69 Å². The summed E-state index contributed by atoms with van der Waals surface area (Å²) < 4.78 is 56.3. The largest absolute Gasteiger partial charge is 0.366 e. The van der Waals surface area contributed by atoms with E-state index in [1.54, 1.807) is 23.1 Å². The van der Waals surface area contributed by atoms with Gasteiger partial charge in [-0.25, -0.2) is 13.0 Å². The number of nitrogens with zero attached hydrogens (tertiary/aromatic N) is 2. The average Bonchev–Trinajstić information content (AvgIpc) is 2.59. The topological polar surface area (TPSA) is 161 Å². The molecule has 2 unspecified atom stereocenters. The van der Waals surface area contributed by atoms with Crippen molar-refractivity contribution in [1.29, 1.82) is 0 Å². The second-order valence-corrected chi connectivity index (χ2v) is 10.0. The zero-order chi connectivity index (χ0) is 20.5.